The summed E-state index contributed by atoms with van der Waals surface area (Å²) in [5, 5.41) is 4.72. The number of amides is 1. The molecule has 1 amide bonds. The lowest BCUT2D eigenvalue weighted by molar-refractivity contribution is -0.131. The number of rotatable bonds is 4. The summed E-state index contributed by atoms with van der Waals surface area (Å²) in [4.78, 5) is 12.4. The van der Waals surface area contributed by atoms with E-state index in [1.165, 1.54) is 12.8 Å². The molecule has 100 valence electrons. The Morgan fingerprint density at radius 1 is 1.35 bits per heavy atom. The molecule has 17 heavy (non-hydrogen) atoms. The van der Waals surface area contributed by atoms with E-state index in [4.69, 9.17) is 0 Å². The molecular formula is C13H23Br2NO. The second kappa shape index (κ2) is 6.05. The van der Waals surface area contributed by atoms with Gasteiger partial charge >= 0.3 is 0 Å². The fourth-order valence-corrected chi connectivity index (χ4v) is 3.68. The largest absolute Gasteiger partial charge is 0.349 e. The highest BCUT2D eigenvalue weighted by molar-refractivity contribution is 9.09. The molecule has 0 saturated heterocycles. The second-order valence-corrected chi connectivity index (χ2v) is 7.23. The molecule has 4 heteroatoms. The van der Waals surface area contributed by atoms with Gasteiger partial charge in [0.25, 0.3) is 0 Å². The van der Waals surface area contributed by atoms with Crippen LogP contribution in [-0.4, -0.2) is 22.1 Å². The molecule has 0 radical (unpaired) electrons. The molecule has 0 aromatic rings. The zero-order valence-electron chi connectivity index (χ0n) is 11.0. The maximum absolute atomic E-state index is 12.4. The molecule has 2 nitrogen and oxygen atoms in total. The van der Waals surface area contributed by atoms with E-state index in [-0.39, 0.29) is 22.8 Å². The van der Waals surface area contributed by atoms with Gasteiger partial charge in [-0.2, -0.15) is 0 Å². The van der Waals surface area contributed by atoms with E-state index in [2.05, 4.69) is 57.9 Å². The van der Waals surface area contributed by atoms with Crippen LogP contribution in [0.1, 0.15) is 46.5 Å². The molecule has 0 aromatic heterocycles. The van der Waals surface area contributed by atoms with Crippen molar-refractivity contribution in [1.29, 1.82) is 0 Å². The Morgan fingerprint density at radius 3 is 2.41 bits per heavy atom. The highest BCUT2D eigenvalue weighted by atomic mass is 79.9. The SMILES string of the molecule is CC(CBr)(CBr)NC(=O)C1CCCCC1(C)C. The van der Waals surface area contributed by atoms with E-state index in [0.29, 0.717) is 0 Å². The van der Waals surface area contributed by atoms with Crippen molar-refractivity contribution in [1.82, 2.24) is 5.32 Å². The van der Waals surface area contributed by atoms with Crippen molar-refractivity contribution < 1.29 is 4.79 Å². The van der Waals surface area contributed by atoms with E-state index < -0.39 is 0 Å². The number of alkyl halides is 2. The summed E-state index contributed by atoms with van der Waals surface area (Å²) in [5.41, 5.74) is -0.0491. The molecule has 0 aromatic carbocycles. The Labute approximate surface area is 122 Å². The molecule has 1 rings (SSSR count). The first-order valence-corrected chi connectivity index (χ1v) is 8.53. The highest BCUT2D eigenvalue weighted by Gasteiger charge is 2.39. The predicted molar refractivity (Wildman–Crippen MR) is 79.9 cm³/mol. The van der Waals surface area contributed by atoms with E-state index in [0.717, 1.165) is 23.5 Å². The van der Waals surface area contributed by atoms with Crippen LogP contribution in [0.4, 0.5) is 0 Å². The van der Waals surface area contributed by atoms with Gasteiger partial charge in [-0.3, -0.25) is 4.79 Å². The molecule has 1 aliphatic rings. The van der Waals surface area contributed by atoms with Crippen molar-refractivity contribution in [3.05, 3.63) is 0 Å². The maximum atomic E-state index is 12.4. The summed E-state index contributed by atoms with van der Waals surface area (Å²) in [6, 6.07) is 0. The number of carbonyl (C=O) groups excluding carboxylic acids is 1. The van der Waals surface area contributed by atoms with Gasteiger partial charge in [0.05, 0.1) is 5.54 Å². The predicted octanol–water partition coefficient (Wildman–Crippen LogP) is 3.87. The van der Waals surface area contributed by atoms with Crippen molar-refractivity contribution in [3.63, 3.8) is 0 Å². The summed E-state index contributed by atoms with van der Waals surface area (Å²) < 4.78 is 0. The molecule has 0 heterocycles. The van der Waals surface area contributed by atoms with Gasteiger partial charge in [-0.25, -0.2) is 0 Å². The van der Waals surface area contributed by atoms with Crippen LogP contribution in [0, 0.1) is 11.3 Å². The number of halogens is 2. The number of hydrogen-bond donors (Lipinski definition) is 1. The van der Waals surface area contributed by atoms with Gasteiger partial charge in [-0.1, -0.05) is 58.5 Å². The minimum atomic E-state index is -0.190. The Hall–Kier alpha value is 0.430. The quantitative estimate of drug-likeness (QED) is 0.750. The van der Waals surface area contributed by atoms with Crippen molar-refractivity contribution >= 4 is 37.8 Å². The molecule has 0 bridgehead atoms. The standard InChI is InChI=1S/C13H23Br2NO/c1-12(2)7-5-4-6-10(12)11(17)16-13(3,8-14)9-15/h10H,4-9H2,1-3H3,(H,16,17). The monoisotopic (exact) mass is 367 g/mol. The molecule has 1 fully saturated rings. The Bertz CT molecular complexity index is 275. The average molecular weight is 369 g/mol. The van der Waals surface area contributed by atoms with Gasteiger partial charge in [0, 0.05) is 16.6 Å². The minimum Gasteiger partial charge on any atom is -0.349 e. The first-order chi connectivity index (χ1) is 7.84. The summed E-state index contributed by atoms with van der Waals surface area (Å²) >= 11 is 6.94. The van der Waals surface area contributed by atoms with Crippen molar-refractivity contribution in [2.75, 3.05) is 10.7 Å². The van der Waals surface area contributed by atoms with Gasteiger partial charge in [0.1, 0.15) is 0 Å². The van der Waals surface area contributed by atoms with Crippen molar-refractivity contribution in [2.24, 2.45) is 11.3 Å². The summed E-state index contributed by atoms with van der Waals surface area (Å²) in [7, 11) is 0. The lowest BCUT2D eigenvalue weighted by atomic mass is 9.68. The molecular weight excluding hydrogens is 346 g/mol. The number of hydrogen-bond acceptors (Lipinski definition) is 1. The third-order valence-electron chi connectivity index (χ3n) is 3.84. The zero-order chi connectivity index (χ0) is 13.1. The van der Waals surface area contributed by atoms with Crippen molar-refractivity contribution in [3.8, 4) is 0 Å². The van der Waals surface area contributed by atoms with E-state index >= 15 is 0 Å². The topological polar surface area (TPSA) is 29.1 Å². The normalized spacial score (nSPS) is 24.4. The Morgan fingerprint density at radius 2 is 1.94 bits per heavy atom. The molecule has 0 aliphatic heterocycles. The number of nitrogens with one attached hydrogen (secondary N) is 1. The lowest BCUT2D eigenvalue weighted by Gasteiger charge is -2.39. The molecule has 0 spiro atoms. The Balaban J connectivity index is 2.69. The van der Waals surface area contributed by atoms with Crippen LogP contribution in [0.3, 0.4) is 0 Å². The minimum absolute atomic E-state index is 0.141. The van der Waals surface area contributed by atoms with Crippen LogP contribution in [-0.2, 0) is 4.79 Å². The smallest absolute Gasteiger partial charge is 0.224 e. The fraction of sp³-hybridized carbons (Fsp3) is 0.923. The maximum Gasteiger partial charge on any atom is 0.224 e. The average Bonchev–Trinajstić information content (AvgIpc) is 2.28. The Kier molecular flexibility index (Phi) is 5.51. The second-order valence-electron chi connectivity index (χ2n) is 6.10. The van der Waals surface area contributed by atoms with Crippen molar-refractivity contribution in [2.45, 2.75) is 52.0 Å². The van der Waals surface area contributed by atoms with Gasteiger partial charge < -0.3 is 5.32 Å². The van der Waals surface area contributed by atoms with Crippen LogP contribution < -0.4 is 5.32 Å². The van der Waals surface area contributed by atoms with Crippen LogP contribution in [0.5, 0.6) is 0 Å². The van der Waals surface area contributed by atoms with E-state index in [1.807, 2.05) is 0 Å². The molecule has 1 aliphatic carbocycles. The summed E-state index contributed by atoms with van der Waals surface area (Å²) in [5.74, 6) is 0.379. The van der Waals surface area contributed by atoms with Gasteiger partial charge in [0.15, 0.2) is 0 Å². The first kappa shape index (κ1) is 15.5. The third kappa shape index (κ3) is 3.95. The first-order valence-electron chi connectivity index (χ1n) is 6.28. The highest BCUT2D eigenvalue weighted by Crippen LogP contribution is 2.40. The fourth-order valence-electron chi connectivity index (χ4n) is 2.47. The zero-order valence-corrected chi connectivity index (χ0v) is 14.2. The van der Waals surface area contributed by atoms with E-state index in [1.54, 1.807) is 0 Å². The molecule has 1 unspecified atom stereocenters. The summed E-state index contributed by atoms with van der Waals surface area (Å²) in [6.07, 6.45) is 4.62. The molecule has 1 N–H and O–H groups in total. The number of carbonyl (C=O) groups is 1. The van der Waals surface area contributed by atoms with Crippen LogP contribution in [0.15, 0.2) is 0 Å². The van der Waals surface area contributed by atoms with E-state index in [9.17, 15) is 4.79 Å². The van der Waals surface area contributed by atoms with Crippen LogP contribution >= 0.6 is 31.9 Å². The van der Waals surface area contributed by atoms with Gasteiger partial charge in [-0.15, -0.1) is 0 Å². The third-order valence-corrected chi connectivity index (χ3v) is 6.31. The molecule has 1 saturated carbocycles. The molecule has 1 atom stereocenters. The summed E-state index contributed by atoms with van der Waals surface area (Å²) in [6.45, 7) is 6.50. The van der Waals surface area contributed by atoms with Gasteiger partial charge in [-0.05, 0) is 25.2 Å². The van der Waals surface area contributed by atoms with Crippen LogP contribution in [0.2, 0.25) is 0 Å². The van der Waals surface area contributed by atoms with Gasteiger partial charge in [0.2, 0.25) is 5.91 Å². The van der Waals surface area contributed by atoms with Crippen LogP contribution in [0.25, 0.3) is 0 Å². The lowest BCUT2D eigenvalue weighted by Crippen LogP contribution is -2.53.